The number of nitrogens with zero attached hydrogens (tertiary/aromatic N) is 1. The standard InChI is InChI=1S/C14H14N2O2S/c17-16(18)13-6-4-5-12(11-13)15-9-10-19-14-7-2-1-3-8-14/h1-8,11,15H,9-10H2. The summed E-state index contributed by atoms with van der Waals surface area (Å²) >= 11 is 1.75. The number of non-ortho nitro benzene ring substituents is 1. The molecule has 2 aromatic carbocycles. The van der Waals surface area contributed by atoms with Crippen LogP contribution in [0.1, 0.15) is 0 Å². The molecule has 2 rings (SSSR count). The first-order chi connectivity index (χ1) is 9.25. The fourth-order valence-electron chi connectivity index (χ4n) is 1.61. The number of nitro benzene ring substituents is 1. The molecule has 98 valence electrons. The molecule has 0 saturated heterocycles. The number of benzene rings is 2. The minimum Gasteiger partial charge on any atom is -0.384 e. The Hall–Kier alpha value is -2.01. The van der Waals surface area contributed by atoms with Crippen LogP contribution in [0.15, 0.2) is 59.5 Å². The maximum Gasteiger partial charge on any atom is 0.271 e. The second-order valence-electron chi connectivity index (χ2n) is 3.90. The van der Waals surface area contributed by atoms with Gasteiger partial charge in [-0.3, -0.25) is 10.1 Å². The molecule has 1 N–H and O–H groups in total. The minimum atomic E-state index is -0.385. The summed E-state index contributed by atoms with van der Waals surface area (Å²) in [7, 11) is 0. The topological polar surface area (TPSA) is 55.2 Å². The van der Waals surface area contributed by atoms with Crippen molar-refractivity contribution in [3.05, 3.63) is 64.7 Å². The Kier molecular flexibility index (Phi) is 4.80. The Balaban J connectivity index is 1.80. The molecule has 0 aliphatic rings. The molecular weight excluding hydrogens is 260 g/mol. The molecule has 4 nitrogen and oxygen atoms in total. The zero-order chi connectivity index (χ0) is 13.5. The van der Waals surface area contributed by atoms with Gasteiger partial charge in [-0.1, -0.05) is 24.3 Å². The van der Waals surface area contributed by atoms with E-state index in [1.807, 2.05) is 24.3 Å². The van der Waals surface area contributed by atoms with Gasteiger partial charge in [0, 0.05) is 35.0 Å². The molecule has 19 heavy (non-hydrogen) atoms. The fraction of sp³-hybridized carbons (Fsp3) is 0.143. The van der Waals surface area contributed by atoms with Crippen molar-refractivity contribution in [1.82, 2.24) is 0 Å². The van der Waals surface area contributed by atoms with Crippen molar-refractivity contribution in [2.45, 2.75) is 4.90 Å². The number of nitro groups is 1. The summed E-state index contributed by atoms with van der Waals surface area (Å²) < 4.78 is 0. The lowest BCUT2D eigenvalue weighted by atomic mass is 10.3. The number of hydrogen-bond acceptors (Lipinski definition) is 4. The largest absolute Gasteiger partial charge is 0.384 e. The van der Waals surface area contributed by atoms with E-state index in [-0.39, 0.29) is 10.6 Å². The van der Waals surface area contributed by atoms with Crippen molar-refractivity contribution in [1.29, 1.82) is 0 Å². The van der Waals surface area contributed by atoms with Crippen molar-refractivity contribution in [2.24, 2.45) is 0 Å². The summed E-state index contributed by atoms with van der Waals surface area (Å²) in [5.74, 6) is 0.909. The van der Waals surface area contributed by atoms with Crippen LogP contribution in [0, 0.1) is 10.1 Å². The molecule has 0 spiro atoms. The van der Waals surface area contributed by atoms with Crippen molar-refractivity contribution < 1.29 is 4.92 Å². The maximum absolute atomic E-state index is 10.6. The van der Waals surface area contributed by atoms with Crippen molar-refractivity contribution >= 4 is 23.1 Å². The van der Waals surface area contributed by atoms with Crippen LogP contribution in [-0.2, 0) is 0 Å². The highest BCUT2D eigenvalue weighted by molar-refractivity contribution is 7.99. The van der Waals surface area contributed by atoms with E-state index in [0.717, 1.165) is 18.0 Å². The molecule has 0 saturated carbocycles. The number of thioether (sulfide) groups is 1. The van der Waals surface area contributed by atoms with Crippen LogP contribution in [-0.4, -0.2) is 17.2 Å². The smallest absolute Gasteiger partial charge is 0.271 e. The van der Waals surface area contributed by atoms with Crippen LogP contribution in [0.5, 0.6) is 0 Å². The predicted octanol–water partition coefficient (Wildman–Crippen LogP) is 3.80. The van der Waals surface area contributed by atoms with Gasteiger partial charge in [-0.05, 0) is 18.2 Å². The van der Waals surface area contributed by atoms with Gasteiger partial charge in [0.1, 0.15) is 0 Å². The third-order valence-corrected chi connectivity index (χ3v) is 3.51. The lowest BCUT2D eigenvalue weighted by Crippen LogP contribution is -2.04. The Bertz CT molecular complexity index is 546. The van der Waals surface area contributed by atoms with Gasteiger partial charge >= 0.3 is 0 Å². The predicted molar refractivity (Wildman–Crippen MR) is 78.8 cm³/mol. The van der Waals surface area contributed by atoms with Gasteiger partial charge in [-0.2, -0.15) is 0 Å². The molecule has 0 unspecified atom stereocenters. The first-order valence-electron chi connectivity index (χ1n) is 5.92. The van der Waals surface area contributed by atoms with Crippen LogP contribution in [0.25, 0.3) is 0 Å². The summed E-state index contributed by atoms with van der Waals surface area (Å²) in [6.45, 7) is 0.765. The first kappa shape index (κ1) is 13.4. The molecule has 2 aromatic rings. The SMILES string of the molecule is O=[N+]([O-])c1cccc(NCCSc2ccccc2)c1. The van der Waals surface area contributed by atoms with Crippen LogP contribution in [0.3, 0.4) is 0 Å². The number of rotatable bonds is 6. The third kappa shape index (κ3) is 4.30. The summed E-state index contributed by atoms with van der Waals surface area (Å²) in [6, 6.07) is 16.7. The first-order valence-corrected chi connectivity index (χ1v) is 6.90. The second-order valence-corrected chi connectivity index (χ2v) is 5.06. The molecule has 0 heterocycles. The molecule has 0 atom stereocenters. The molecular formula is C14H14N2O2S. The Morgan fingerprint density at radius 2 is 1.89 bits per heavy atom. The van der Waals surface area contributed by atoms with Gasteiger partial charge in [0.15, 0.2) is 0 Å². The van der Waals surface area contributed by atoms with Crippen LogP contribution in [0.4, 0.5) is 11.4 Å². The quantitative estimate of drug-likeness (QED) is 0.377. The van der Waals surface area contributed by atoms with E-state index in [1.165, 1.54) is 11.0 Å². The number of hydrogen-bond donors (Lipinski definition) is 1. The summed E-state index contributed by atoms with van der Waals surface area (Å²) in [4.78, 5) is 11.5. The molecule has 0 aliphatic carbocycles. The van der Waals surface area contributed by atoms with E-state index in [4.69, 9.17) is 0 Å². The van der Waals surface area contributed by atoms with E-state index in [2.05, 4.69) is 17.4 Å². The second kappa shape index (κ2) is 6.80. The fourth-order valence-corrected chi connectivity index (χ4v) is 2.40. The van der Waals surface area contributed by atoms with Gasteiger partial charge < -0.3 is 5.32 Å². The summed E-state index contributed by atoms with van der Waals surface area (Å²) in [5, 5.41) is 13.8. The average molecular weight is 274 g/mol. The van der Waals surface area contributed by atoms with Crippen LogP contribution in [0.2, 0.25) is 0 Å². The van der Waals surface area contributed by atoms with Gasteiger partial charge in [-0.15, -0.1) is 11.8 Å². The van der Waals surface area contributed by atoms with E-state index in [9.17, 15) is 10.1 Å². The monoisotopic (exact) mass is 274 g/mol. The molecule has 0 aromatic heterocycles. The summed E-state index contributed by atoms with van der Waals surface area (Å²) in [5.41, 5.74) is 0.892. The van der Waals surface area contributed by atoms with Gasteiger partial charge in [0.25, 0.3) is 5.69 Å². The maximum atomic E-state index is 10.6. The van der Waals surface area contributed by atoms with Crippen molar-refractivity contribution in [3.8, 4) is 0 Å². The highest BCUT2D eigenvalue weighted by Gasteiger charge is 2.04. The van der Waals surface area contributed by atoms with Crippen LogP contribution < -0.4 is 5.32 Å². The Labute approximate surface area is 116 Å². The van der Waals surface area contributed by atoms with Crippen molar-refractivity contribution in [3.63, 3.8) is 0 Å². The van der Waals surface area contributed by atoms with E-state index >= 15 is 0 Å². The highest BCUT2D eigenvalue weighted by atomic mass is 32.2. The van der Waals surface area contributed by atoms with Crippen LogP contribution >= 0.6 is 11.8 Å². The Morgan fingerprint density at radius 1 is 1.11 bits per heavy atom. The molecule has 0 fully saturated rings. The van der Waals surface area contributed by atoms with E-state index < -0.39 is 0 Å². The van der Waals surface area contributed by atoms with Crippen molar-refractivity contribution in [2.75, 3.05) is 17.6 Å². The summed E-state index contributed by atoms with van der Waals surface area (Å²) in [6.07, 6.45) is 0. The molecule has 0 amide bonds. The number of nitrogens with one attached hydrogen (secondary N) is 1. The molecule has 0 bridgehead atoms. The highest BCUT2D eigenvalue weighted by Crippen LogP contribution is 2.19. The lowest BCUT2D eigenvalue weighted by Gasteiger charge is -2.06. The zero-order valence-electron chi connectivity index (χ0n) is 10.3. The van der Waals surface area contributed by atoms with Gasteiger partial charge in [0.2, 0.25) is 0 Å². The van der Waals surface area contributed by atoms with Gasteiger partial charge in [0.05, 0.1) is 4.92 Å². The Morgan fingerprint density at radius 3 is 2.63 bits per heavy atom. The number of anilines is 1. The lowest BCUT2D eigenvalue weighted by molar-refractivity contribution is -0.384. The molecule has 0 aliphatic heterocycles. The normalized spacial score (nSPS) is 10.1. The third-order valence-electron chi connectivity index (χ3n) is 2.50. The molecule has 0 radical (unpaired) electrons. The minimum absolute atomic E-state index is 0.112. The van der Waals surface area contributed by atoms with E-state index in [0.29, 0.717) is 0 Å². The average Bonchev–Trinajstić information content (AvgIpc) is 2.45. The molecule has 5 heteroatoms. The zero-order valence-corrected chi connectivity index (χ0v) is 11.1. The van der Waals surface area contributed by atoms with Gasteiger partial charge in [-0.25, -0.2) is 0 Å². The van der Waals surface area contributed by atoms with E-state index in [1.54, 1.807) is 23.9 Å².